The number of rotatable bonds is 24. The molecule has 0 unspecified atom stereocenters. The molecule has 0 rings (SSSR count). The first-order valence-corrected chi connectivity index (χ1v) is 9.57. The van der Waals surface area contributed by atoms with Crippen LogP contribution in [0.25, 0.3) is 0 Å². The summed E-state index contributed by atoms with van der Waals surface area (Å²) in [6.45, 7) is 9.95. The van der Waals surface area contributed by atoms with Gasteiger partial charge in [-0.15, -0.1) is 0 Å². The van der Waals surface area contributed by atoms with Crippen molar-refractivity contribution in [3.05, 3.63) is 0 Å². The van der Waals surface area contributed by atoms with Crippen LogP contribution < -0.4 is 5.32 Å². The highest BCUT2D eigenvalue weighted by Crippen LogP contribution is 1.83. The lowest BCUT2D eigenvalue weighted by Gasteiger charge is -2.08. The summed E-state index contributed by atoms with van der Waals surface area (Å²) in [5.41, 5.74) is 0. The Hall–Kier alpha value is -0.360. The second-order valence-corrected chi connectivity index (χ2v) is 5.41. The van der Waals surface area contributed by atoms with Gasteiger partial charge in [0.15, 0.2) is 0 Å². The molecule has 0 aromatic rings. The second-order valence-electron chi connectivity index (χ2n) is 5.41. The van der Waals surface area contributed by atoms with E-state index in [1.165, 1.54) is 0 Å². The van der Waals surface area contributed by atoms with Crippen LogP contribution in [0.3, 0.4) is 0 Å². The minimum Gasteiger partial charge on any atom is -0.382 e. The summed E-state index contributed by atoms with van der Waals surface area (Å²) >= 11 is 0. The molecule has 1 N–H and O–H groups in total. The van der Waals surface area contributed by atoms with Gasteiger partial charge in [0.1, 0.15) is 0 Å². The Morgan fingerprint density at radius 2 is 0.630 bits per heavy atom. The van der Waals surface area contributed by atoms with E-state index >= 15 is 0 Å². The van der Waals surface area contributed by atoms with Crippen LogP contribution in [0.1, 0.15) is 0 Å². The molecular weight excluding hydrogens is 358 g/mol. The lowest BCUT2D eigenvalue weighted by atomic mass is 10.6. The molecule has 0 amide bonds. The Labute approximate surface area is 163 Å². The minimum atomic E-state index is 0.577. The molecule has 164 valence electrons. The molecule has 0 saturated heterocycles. The van der Waals surface area contributed by atoms with Crippen LogP contribution in [0.5, 0.6) is 0 Å². The Bertz CT molecular complexity index is 238. The molecule has 0 aliphatic rings. The lowest BCUT2D eigenvalue weighted by Crippen LogP contribution is -2.25. The average Bonchev–Trinajstić information content (AvgIpc) is 2.68. The predicted octanol–water partition coefficient (Wildman–Crippen LogP) is -0.0316. The van der Waals surface area contributed by atoms with Crippen LogP contribution in [0, 0.1) is 0 Å². The van der Waals surface area contributed by atoms with Crippen LogP contribution in [0.15, 0.2) is 0 Å². The molecule has 0 bridgehead atoms. The predicted molar refractivity (Wildman–Crippen MR) is 102 cm³/mol. The lowest BCUT2D eigenvalue weighted by molar-refractivity contribution is 0.00208. The van der Waals surface area contributed by atoms with Crippen LogP contribution in [0.2, 0.25) is 0 Å². The zero-order valence-corrected chi connectivity index (χ0v) is 17.1. The topological polar surface area (TPSA) is 85.9 Å². The first-order valence-electron chi connectivity index (χ1n) is 9.57. The van der Waals surface area contributed by atoms with Gasteiger partial charge in [0.2, 0.25) is 0 Å². The third-order valence-corrected chi connectivity index (χ3v) is 3.20. The van der Waals surface area contributed by atoms with Gasteiger partial charge >= 0.3 is 0 Å². The molecule has 0 aromatic heterocycles. The highest BCUT2D eigenvalue weighted by molar-refractivity contribution is 4.45. The third kappa shape index (κ3) is 25.6. The SMILES string of the molecule is COCCOCCOCCOCCNCCOCCOCCOCCOC. The zero-order valence-electron chi connectivity index (χ0n) is 17.1. The molecule has 0 aliphatic carbocycles. The van der Waals surface area contributed by atoms with E-state index in [-0.39, 0.29) is 0 Å². The van der Waals surface area contributed by atoms with E-state index < -0.39 is 0 Å². The van der Waals surface area contributed by atoms with Crippen molar-refractivity contribution < 1.29 is 37.9 Å². The van der Waals surface area contributed by atoms with Gasteiger partial charge in [-0.1, -0.05) is 0 Å². The largest absolute Gasteiger partial charge is 0.382 e. The van der Waals surface area contributed by atoms with Gasteiger partial charge in [-0.2, -0.15) is 0 Å². The van der Waals surface area contributed by atoms with Crippen molar-refractivity contribution in [2.24, 2.45) is 0 Å². The van der Waals surface area contributed by atoms with Gasteiger partial charge in [-0.3, -0.25) is 0 Å². The van der Waals surface area contributed by atoms with Crippen molar-refractivity contribution in [2.75, 3.05) is 120 Å². The second kappa shape index (κ2) is 25.6. The Morgan fingerprint density at radius 1 is 0.370 bits per heavy atom. The van der Waals surface area contributed by atoms with Crippen molar-refractivity contribution in [3.8, 4) is 0 Å². The molecule has 0 saturated carbocycles. The zero-order chi connectivity index (χ0) is 19.7. The average molecular weight is 398 g/mol. The molecule has 0 aromatic carbocycles. The molecule has 0 fully saturated rings. The molecule has 0 radical (unpaired) electrons. The molecule has 0 heterocycles. The summed E-state index contributed by atoms with van der Waals surface area (Å²) in [6.07, 6.45) is 0. The molecular formula is C18H39NO8. The van der Waals surface area contributed by atoms with Gasteiger partial charge in [0.25, 0.3) is 0 Å². The Morgan fingerprint density at radius 3 is 0.926 bits per heavy atom. The first-order chi connectivity index (χ1) is 13.4. The summed E-state index contributed by atoms with van der Waals surface area (Å²) < 4.78 is 42.0. The van der Waals surface area contributed by atoms with Crippen molar-refractivity contribution in [2.45, 2.75) is 0 Å². The van der Waals surface area contributed by atoms with Gasteiger partial charge in [-0.25, -0.2) is 0 Å². The monoisotopic (exact) mass is 397 g/mol. The summed E-state index contributed by atoms with van der Waals surface area (Å²) in [5.74, 6) is 0. The maximum atomic E-state index is 5.46. The van der Waals surface area contributed by atoms with E-state index in [1.807, 2.05) is 0 Å². The van der Waals surface area contributed by atoms with Gasteiger partial charge in [0, 0.05) is 27.3 Å². The summed E-state index contributed by atoms with van der Waals surface area (Å²) in [5, 5.41) is 3.25. The van der Waals surface area contributed by atoms with E-state index in [1.54, 1.807) is 14.2 Å². The van der Waals surface area contributed by atoms with Crippen molar-refractivity contribution in [3.63, 3.8) is 0 Å². The van der Waals surface area contributed by atoms with E-state index in [4.69, 9.17) is 37.9 Å². The van der Waals surface area contributed by atoms with Gasteiger partial charge in [-0.05, 0) is 0 Å². The fourth-order valence-corrected chi connectivity index (χ4v) is 1.78. The minimum absolute atomic E-state index is 0.577. The fourth-order valence-electron chi connectivity index (χ4n) is 1.78. The molecule has 0 spiro atoms. The molecule has 9 nitrogen and oxygen atoms in total. The van der Waals surface area contributed by atoms with E-state index in [0.29, 0.717) is 92.5 Å². The van der Waals surface area contributed by atoms with Gasteiger partial charge < -0.3 is 43.2 Å². The smallest absolute Gasteiger partial charge is 0.0701 e. The maximum absolute atomic E-state index is 5.46. The van der Waals surface area contributed by atoms with Crippen LogP contribution in [-0.2, 0) is 37.9 Å². The quantitative estimate of drug-likeness (QED) is 0.226. The number of nitrogens with one attached hydrogen (secondary N) is 1. The van der Waals surface area contributed by atoms with E-state index in [9.17, 15) is 0 Å². The molecule has 9 heteroatoms. The standard InChI is InChI=1S/C18H39NO8/c1-20-7-9-24-15-17-26-13-11-22-5-3-19-4-6-23-12-14-27-18-16-25-10-8-21-2/h19H,3-18H2,1-2H3. The highest BCUT2D eigenvalue weighted by Gasteiger charge is 1.94. The summed E-state index contributed by atoms with van der Waals surface area (Å²) in [7, 11) is 3.30. The summed E-state index contributed by atoms with van der Waals surface area (Å²) in [4.78, 5) is 0. The summed E-state index contributed by atoms with van der Waals surface area (Å²) in [6, 6.07) is 0. The van der Waals surface area contributed by atoms with Crippen molar-refractivity contribution in [1.82, 2.24) is 5.32 Å². The maximum Gasteiger partial charge on any atom is 0.0701 e. The van der Waals surface area contributed by atoms with Crippen LogP contribution >= 0.6 is 0 Å². The van der Waals surface area contributed by atoms with Crippen molar-refractivity contribution in [1.29, 1.82) is 0 Å². The molecule has 0 atom stereocenters. The Kier molecular flexibility index (Phi) is 25.3. The highest BCUT2D eigenvalue weighted by atomic mass is 16.6. The van der Waals surface area contributed by atoms with Gasteiger partial charge in [0.05, 0.1) is 92.5 Å². The van der Waals surface area contributed by atoms with Crippen LogP contribution in [-0.4, -0.2) is 120 Å². The molecule has 0 aliphatic heterocycles. The van der Waals surface area contributed by atoms with Crippen molar-refractivity contribution >= 4 is 0 Å². The third-order valence-electron chi connectivity index (χ3n) is 3.20. The number of hydrogen-bond acceptors (Lipinski definition) is 9. The normalized spacial score (nSPS) is 11.3. The van der Waals surface area contributed by atoms with Crippen LogP contribution in [0.4, 0.5) is 0 Å². The number of hydrogen-bond donors (Lipinski definition) is 1. The molecule has 27 heavy (non-hydrogen) atoms. The first kappa shape index (κ1) is 26.6. The number of ether oxygens (including phenoxy) is 8. The Balaban J connectivity index is 2.95. The van der Waals surface area contributed by atoms with E-state index in [2.05, 4.69) is 5.32 Å². The fraction of sp³-hybridized carbons (Fsp3) is 1.00. The number of methoxy groups -OCH3 is 2. The van der Waals surface area contributed by atoms with E-state index in [0.717, 1.165) is 13.1 Å².